The molecule has 0 unspecified atom stereocenters. The standard InChI is InChI=1S/C14H12F3NOS2/c15-14(16,17)12-4-3-9(8-11(12)13(18)20)19-6-5-10-2-1-7-21-10/h1-4,7-8H,5-6H2,(H2,18,20). The maximum Gasteiger partial charge on any atom is 0.417 e. The molecule has 2 aromatic rings. The van der Waals surface area contributed by atoms with Gasteiger partial charge in [-0.3, -0.25) is 0 Å². The van der Waals surface area contributed by atoms with Crippen molar-refractivity contribution in [1.82, 2.24) is 0 Å². The molecule has 21 heavy (non-hydrogen) atoms. The number of thiocarbonyl (C=S) groups is 1. The van der Waals surface area contributed by atoms with Crippen LogP contribution in [-0.4, -0.2) is 11.6 Å². The van der Waals surface area contributed by atoms with Crippen LogP contribution in [0.2, 0.25) is 0 Å². The first kappa shape index (κ1) is 15.8. The quantitative estimate of drug-likeness (QED) is 0.841. The summed E-state index contributed by atoms with van der Waals surface area (Å²) in [5.74, 6) is 0.322. The van der Waals surface area contributed by atoms with Gasteiger partial charge in [0.1, 0.15) is 10.7 Å². The minimum absolute atomic E-state index is 0.217. The Kier molecular flexibility index (Phi) is 4.84. The van der Waals surface area contributed by atoms with E-state index in [9.17, 15) is 13.2 Å². The molecule has 0 aliphatic heterocycles. The number of alkyl halides is 3. The van der Waals surface area contributed by atoms with Gasteiger partial charge in [0.15, 0.2) is 0 Å². The highest BCUT2D eigenvalue weighted by molar-refractivity contribution is 7.80. The van der Waals surface area contributed by atoms with Crippen molar-refractivity contribution in [1.29, 1.82) is 0 Å². The average molecular weight is 331 g/mol. The Labute approximate surface area is 129 Å². The Morgan fingerprint density at radius 2 is 2.05 bits per heavy atom. The molecule has 0 bridgehead atoms. The molecule has 112 valence electrons. The fourth-order valence-corrected chi connectivity index (χ4v) is 2.65. The molecule has 0 saturated heterocycles. The van der Waals surface area contributed by atoms with Crippen LogP contribution in [-0.2, 0) is 12.6 Å². The number of rotatable bonds is 5. The van der Waals surface area contributed by atoms with Gasteiger partial charge < -0.3 is 10.5 Å². The predicted molar refractivity (Wildman–Crippen MR) is 80.8 cm³/mol. The number of thiophene rings is 1. The molecule has 1 aromatic carbocycles. The predicted octanol–water partition coefficient (Wildman–Crippen LogP) is 4.02. The molecule has 7 heteroatoms. The van der Waals surface area contributed by atoms with Crippen LogP contribution in [0.25, 0.3) is 0 Å². The number of ether oxygens (including phenoxy) is 1. The summed E-state index contributed by atoms with van der Waals surface area (Å²) in [6, 6.07) is 7.36. The van der Waals surface area contributed by atoms with Crippen molar-refractivity contribution < 1.29 is 17.9 Å². The van der Waals surface area contributed by atoms with Crippen LogP contribution in [0.3, 0.4) is 0 Å². The van der Waals surface area contributed by atoms with Gasteiger partial charge in [-0.2, -0.15) is 13.2 Å². The van der Waals surface area contributed by atoms with Crippen LogP contribution in [0, 0.1) is 0 Å². The molecule has 0 aliphatic rings. The first-order valence-corrected chi connectivity index (χ1v) is 7.33. The lowest BCUT2D eigenvalue weighted by molar-refractivity contribution is -0.137. The van der Waals surface area contributed by atoms with Crippen molar-refractivity contribution in [3.63, 3.8) is 0 Å². The van der Waals surface area contributed by atoms with Gasteiger partial charge in [0, 0.05) is 16.9 Å². The first-order valence-electron chi connectivity index (χ1n) is 6.04. The zero-order chi connectivity index (χ0) is 15.5. The molecule has 0 radical (unpaired) electrons. The molecular formula is C14H12F3NOS2. The number of hydrogen-bond acceptors (Lipinski definition) is 3. The van der Waals surface area contributed by atoms with Crippen molar-refractivity contribution >= 4 is 28.5 Å². The minimum Gasteiger partial charge on any atom is -0.493 e. The maximum atomic E-state index is 12.8. The lowest BCUT2D eigenvalue weighted by atomic mass is 10.1. The second-order valence-corrected chi connectivity index (χ2v) is 5.72. The zero-order valence-corrected chi connectivity index (χ0v) is 12.4. The van der Waals surface area contributed by atoms with Crippen molar-refractivity contribution in [2.45, 2.75) is 12.6 Å². The molecule has 2 N–H and O–H groups in total. The van der Waals surface area contributed by atoms with E-state index in [0.717, 1.165) is 10.9 Å². The highest BCUT2D eigenvalue weighted by Crippen LogP contribution is 2.33. The van der Waals surface area contributed by atoms with Gasteiger partial charge in [0.05, 0.1) is 12.2 Å². The molecule has 2 nitrogen and oxygen atoms in total. The van der Waals surface area contributed by atoms with Crippen LogP contribution < -0.4 is 10.5 Å². The number of hydrogen-bond donors (Lipinski definition) is 1. The molecule has 1 heterocycles. The summed E-state index contributed by atoms with van der Waals surface area (Å²) >= 11 is 6.28. The van der Waals surface area contributed by atoms with Crippen molar-refractivity contribution in [2.75, 3.05) is 6.61 Å². The second-order valence-electron chi connectivity index (χ2n) is 4.25. The smallest absolute Gasteiger partial charge is 0.417 e. The minimum atomic E-state index is -4.49. The van der Waals surface area contributed by atoms with Crippen molar-refractivity contribution in [2.24, 2.45) is 5.73 Å². The molecule has 1 aromatic heterocycles. The van der Waals surface area contributed by atoms with E-state index in [2.05, 4.69) is 12.2 Å². The van der Waals surface area contributed by atoms with Gasteiger partial charge in [-0.15, -0.1) is 11.3 Å². The van der Waals surface area contributed by atoms with E-state index < -0.39 is 11.7 Å². The van der Waals surface area contributed by atoms with Crippen LogP contribution in [0.4, 0.5) is 13.2 Å². The van der Waals surface area contributed by atoms with E-state index in [0.29, 0.717) is 18.8 Å². The fourth-order valence-electron chi connectivity index (χ4n) is 1.79. The molecule has 0 fully saturated rings. The molecular weight excluding hydrogens is 319 g/mol. The Hall–Kier alpha value is -1.60. The van der Waals surface area contributed by atoms with E-state index >= 15 is 0 Å². The van der Waals surface area contributed by atoms with Crippen LogP contribution in [0.15, 0.2) is 35.7 Å². The van der Waals surface area contributed by atoms with Gasteiger partial charge in [-0.1, -0.05) is 18.3 Å². The average Bonchev–Trinajstić information content (AvgIpc) is 2.90. The van der Waals surface area contributed by atoms with Gasteiger partial charge >= 0.3 is 6.18 Å². The molecule has 0 saturated carbocycles. The summed E-state index contributed by atoms with van der Waals surface area (Å²) in [5.41, 5.74) is 4.30. The lowest BCUT2D eigenvalue weighted by Crippen LogP contribution is -2.18. The monoisotopic (exact) mass is 331 g/mol. The normalized spacial score (nSPS) is 11.4. The molecule has 0 atom stereocenters. The summed E-state index contributed by atoms with van der Waals surface area (Å²) in [5, 5.41) is 1.96. The molecule has 0 spiro atoms. The first-order chi connectivity index (χ1) is 9.88. The third kappa shape index (κ3) is 4.18. The van der Waals surface area contributed by atoms with Crippen LogP contribution in [0.5, 0.6) is 5.75 Å². The number of nitrogens with two attached hydrogens (primary N) is 1. The zero-order valence-electron chi connectivity index (χ0n) is 10.8. The maximum absolute atomic E-state index is 12.8. The van der Waals surface area contributed by atoms with Crippen LogP contribution >= 0.6 is 23.6 Å². The van der Waals surface area contributed by atoms with E-state index in [-0.39, 0.29) is 10.6 Å². The molecule has 0 amide bonds. The highest BCUT2D eigenvalue weighted by Gasteiger charge is 2.34. The summed E-state index contributed by atoms with van der Waals surface area (Å²) < 4.78 is 43.9. The Morgan fingerprint density at radius 1 is 1.29 bits per heavy atom. The SMILES string of the molecule is NC(=S)c1cc(OCCc2cccs2)ccc1C(F)(F)F. The third-order valence-electron chi connectivity index (χ3n) is 2.76. The van der Waals surface area contributed by atoms with Gasteiger partial charge in [0.25, 0.3) is 0 Å². The van der Waals surface area contributed by atoms with Crippen molar-refractivity contribution in [3.8, 4) is 5.75 Å². The Bertz CT molecular complexity index is 624. The number of benzene rings is 1. The van der Waals surface area contributed by atoms with Crippen molar-refractivity contribution in [3.05, 3.63) is 51.7 Å². The fraction of sp³-hybridized carbons (Fsp3) is 0.214. The van der Waals surface area contributed by atoms with E-state index in [1.165, 1.54) is 12.1 Å². The van der Waals surface area contributed by atoms with E-state index in [4.69, 9.17) is 10.5 Å². The Balaban J connectivity index is 2.11. The Morgan fingerprint density at radius 3 is 2.62 bits per heavy atom. The largest absolute Gasteiger partial charge is 0.493 e. The van der Waals surface area contributed by atoms with Gasteiger partial charge in [-0.05, 0) is 29.6 Å². The van der Waals surface area contributed by atoms with E-state index in [1.807, 2.05) is 17.5 Å². The number of halogens is 3. The highest BCUT2D eigenvalue weighted by atomic mass is 32.1. The topological polar surface area (TPSA) is 35.2 Å². The van der Waals surface area contributed by atoms with Crippen LogP contribution in [0.1, 0.15) is 16.0 Å². The second kappa shape index (κ2) is 6.44. The summed E-state index contributed by atoms with van der Waals surface area (Å²) in [7, 11) is 0. The summed E-state index contributed by atoms with van der Waals surface area (Å²) in [6.07, 6.45) is -3.80. The summed E-state index contributed by atoms with van der Waals surface area (Å²) in [6.45, 7) is 0.378. The lowest BCUT2D eigenvalue weighted by Gasteiger charge is -2.14. The molecule has 2 rings (SSSR count). The third-order valence-corrected chi connectivity index (χ3v) is 3.92. The summed E-state index contributed by atoms with van der Waals surface area (Å²) in [4.78, 5) is 0.850. The molecule has 0 aliphatic carbocycles. The van der Waals surface area contributed by atoms with Gasteiger partial charge in [0.2, 0.25) is 0 Å². The van der Waals surface area contributed by atoms with E-state index in [1.54, 1.807) is 11.3 Å². The van der Waals surface area contributed by atoms with Gasteiger partial charge in [-0.25, -0.2) is 0 Å².